The molecule has 0 aromatic heterocycles. The highest BCUT2D eigenvalue weighted by Gasteiger charge is 2.20. The molecule has 0 bridgehead atoms. The number of carbonyl (C=O) groups is 1. The van der Waals surface area contributed by atoms with Gasteiger partial charge in [-0.25, -0.2) is 0 Å². The Morgan fingerprint density at radius 2 is 1.44 bits per heavy atom. The van der Waals surface area contributed by atoms with E-state index in [1.165, 1.54) is 12.8 Å². The van der Waals surface area contributed by atoms with Crippen molar-refractivity contribution in [2.45, 2.75) is 99.5 Å². The molecule has 0 rings (SSSR count). The highest BCUT2D eigenvalue weighted by molar-refractivity contribution is 5.72. The van der Waals surface area contributed by atoms with E-state index in [4.69, 9.17) is 10.00 Å². The third-order valence-electron chi connectivity index (χ3n) is 5.54. The Balaban J connectivity index is 4.10. The molecule has 0 N–H and O–H groups in total. The summed E-state index contributed by atoms with van der Waals surface area (Å²) in [5.74, 6) is 2.07. The molecule has 0 amide bonds. The lowest BCUT2D eigenvalue weighted by atomic mass is 9.85. The first kappa shape index (κ1) is 24.0. The van der Waals surface area contributed by atoms with E-state index in [1.807, 2.05) is 20.8 Å². The zero-order chi connectivity index (χ0) is 19.4. The van der Waals surface area contributed by atoms with Crippen molar-refractivity contribution in [3.05, 3.63) is 0 Å². The van der Waals surface area contributed by atoms with Crippen LogP contribution in [0.4, 0.5) is 0 Å². The summed E-state index contributed by atoms with van der Waals surface area (Å²) < 4.78 is 5.57. The van der Waals surface area contributed by atoms with Crippen LogP contribution < -0.4 is 0 Å². The first-order valence-corrected chi connectivity index (χ1v) is 10.3. The number of rotatable bonds is 13. The zero-order valence-corrected chi connectivity index (χ0v) is 17.7. The highest BCUT2D eigenvalue weighted by Crippen LogP contribution is 2.25. The Labute approximate surface area is 156 Å². The predicted octanol–water partition coefficient (Wildman–Crippen LogP) is 6.37. The fraction of sp³-hybridized carbons (Fsp3) is 0.909. The molecule has 0 spiro atoms. The lowest BCUT2D eigenvalue weighted by Gasteiger charge is -2.22. The summed E-state index contributed by atoms with van der Waals surface area (Å²) in [7, 11) is 0. The standard InChI is InChI=1S/C22H41NO2/c1-8-21(15-23)14-13-20(7)25-22(24)19(6)12-11-18(5)17(4)10-9-16(2)3/h16-21H,8-14H2,1-7H3. The molecule has 0 radical (unpaired) electrons. The van der Waals surface area contributed by atoms with Crippen molar-refractivity contribution in [3.63, 3.8) is 0 Å². The molecule has 3 nitrogen and oxygen atoms in total. The molecule has 0 heterocycles. The molecule has 0 aromatic carbocycles. The van der Waals surface area contributed by atoms with Crippen LogP contribution in [0.15, 0.2) is 0 Å². The van der Waals surface area contributed by atoms with Crippen molar-refractivity contribution in [3.8, 4) is 6.07 Å². The molecule has 0 aliphatic carbocycles. The Morgan fingerprint density at radius 1 is 0.880 bits per heavy atom. The summed E-state index contributed by atoms with van der Waals surface area (Å²) in [5, 5.41) is 8.99. The smallest absolute Gasteiger partial charge is 0.308 e. The van der Waals surface area contributed by atoms with Gasteiger partial charge in [0.15, 0.2) is 0 Å². The SMILES string of the molecule is CCC(C#N)CCC(C)OC(=O)C(C)CCC(C)C(C)CCC(C)C. The van der Waals surface area contributed by atoms with Crippen LogP contribution in [0.3, 0.4) is 0 Å². The second-order valence-corrected chi connectivity index (χ2v) is 8.46. The van der Waals surface area contributed by atoms with Crippen molar-refractivity contribution < 1.29 is 9.53 Å². The van der Waals surface area contributed by atoms with Crippen LogP contribution in [0.2, 0.25) is 0 Å². The van der Waals surface area contributed by atoms with E-state index < -0.39 is 0 Å². The molecule has 5 atom stereocenters. The van der Waals surface area contributed by atoms with E-state index in [-0.39, 0.29) is 23.9 Å². The summed E-state index contributed by atoms with van der Waals surface area (Å²) in [5.41, 5.74) is 0. The zero-order valence-electron chi connectivity index (χ0n) is 17.7. The normalized spacial score (nSPS) is 17.4. The van der Waals surface area contributed by atoms with E-state index in [0.717, 1.165) is 38.0 Å². The topological polar surface area (TPSA) is 50.1 Å². The number of nitrogens with zero attached hydrogens (tertiary/aromatic N) is 1. The summed E-state index contributed by atoms with van der Waals surface area (Å²) in [6, 6.07) is 2.30. The number of hydrogen-bond donors (Lipinski definition) is 0. The minimum absolute atomic E-state index is 0.0415. The number of carbonyl (C=O) groups excluding carboxylic acids is 1. The first-order chi connectivity index (χ1) is 11.7. The summed E-state index contributed by atoms with van der Waals surface area (Å²) in [6.45, 7) is 15.1. The quantitative estimate of drug-likeness (QED) is 0.362. The molecule has 3 heteroatoms. The van der Waals surface area contributed by atoms with Crippen molar-refractivity contribution in [2.24, 2.45) is 29.6 Å². The van der Waals surface area contributed by atoms with Gasteiger partial charge in [-0.05, 0) is 56.8 Å². The van der Waals surface area contributed by atoms with E-state index in [0.29, 0.717) is 11.8 Å². The molecule has 146 valence electrons. The summed E-state index contributed by atoms with van der Waals surface area (Å²) in [4.78, 5) is 12.2. The second kappa shape index (κ2) is 13.2. The van der Waals surface area contributed by atoms with Gasteiger partial charge >= 0.3 is 5.97 Å². The van der Waals surface area contributed by atoms with Gasteiger partial charge in [-0.2, -0.15) is 5.26 Å². The van der Waals surface area contributed by atoms with E-state index in [1.54, 1.807) is 0 Å². The maximum Gasteiger partial charge on any atom is 0.308 e. The molecule has 0 aliphatic rings. The van der Waals surface area contributed by atoms with Gasteiger partial charge in [-0.15, -0.1) is 0 Å². The number of esters is 1. The lowest BCUT2D eigenvalue weighted by Crippen LogP contribution is -2.22. The van der Waals surface area contributed by atoms with Crippen LogP contribution in [0.1, 0.15) is 93.4 Å². The number of ether oxygens (including phenoxy) is 1. The van der Waals surface area contributed by atoms with Crippen LogP contribution in [0.5, 0.6) is 0 Å². The largest absolute Gasteiger partial charge is 0.462 e. The van der Waals surface area contributed by atoms with E-state index in [2.05, 4.69) is 33.8 Å². The molecular formula is C22H41NO2. The van der Waals surface area contributed by atoms with E-state index in [9.17, 15) is 4.79 Å². The maximum atomic E-state index is 12.2. The van der Waals surface area contributed by atoms with Crippen LogP contribution in [-0.2, 0) is 9.53 Å². The fourth-order valence-electron chi connectivity index (χ4n) is 2.97. The lowest BCUT2D eigenvalue weighted by molar-refractivity contribution is -0.153. The van der Waals surface area contributed by atoms with Gasteiger partial charge in [0.25, 0.3) is 0 Å². The Morgan fingerprint density at radius 3 is 1.92 bits per heavy atom. The van der Waals surface area contributed by atoms with Gasteiger partial charge in [-0.3, -0.25) is 4.79 Å². The van der Waals surface area contributed by atoms with Crippen LogP contribution in [0.25, 0.3) is 0 Å². The van der Waals surface area contributed by atoms with Gasteiger partial charge in [-0.1, -0.05) is 54.4 Å². The van der Waals surface area contributed by atoms with E-state index >= 15 is 0 Å². The molecule has 0 aromatic rings. The minimum atomic E-state index is -0.0975. The average molecular weight is 352 g/mol. The van der Waals surface area contributed by atoms with Gasteiger partial charge in [0.1, 0.15) is 0 Å². The predicted molar refractivity (Wildman–Crippen MR) is 105 cm³/mol. The van der Waals surface area contributed by atoms with Crippen LogP contribution >= 0.6 is 0 Å². The fourth-order valence-corrected chi connectivity index (χ4v) is 2.97. The Bertz CT molecular complexity index is 399. The third-order valence-corrected chi connectivity index (χ3v) is 5.54. The Hall–Kier alpha value is -1.04. The molecule has 5 unspecified atom stereocenters. The monoisotopic (exact) mass is 351 g/mol. The van der Waals surface area contributed by atoms with Gasteiger partial charge in [0.05, 0.1) is 18.1 Å². The van der Waals surface area contributed by atoms with Crippen LogP contribution in [0, 0.1) is 40.9 Å². The molecule has 0 saturated carbocycles. The summed E-state index contributed by atoms with van der Waals surface area (Å²) in [6.07, 6.45) is 6.87. The molecule has 0 saturated heterocycles. The van der Waals surface area contributed by atoms with Crippen molar-refractivity contribution in [2.75, 3.05) is 0 Å². The third kappa shape index (κ3) is 11.2. The molecule has 0 aliphatic heterocycles. The second-order valence-electron chi connectivity index (χ2n) is 8.46. The Kier molecular flexibility index (Phi) is 12.7. The minimum Gasteiger partial charge on any atom is -0.462 e. The van der Waals surface area contributed by atoms with Crippen LogP contribution in [-0.4, -0.2) is 12.1 Å². The van der Waals surface area contributed by atoms with Gasteiger partial charge in [0.2, 0.25) is 0 Å². The summed E-state index contributed by atoms with van der Waals surface area (Å²) >= 11 is 0. The molecule has 25 heavy (non-hydrogen) atoms. The van der Waals surface area contributed by atoms with Gasteiger partial charge in [0, 0.05) is 5.92 Å². The maximum absolute atomic E-state index is 12.2. The number of nitriles is 1. The van der Waals surface area contributed by atoms with Crippen molar-refractivity contribution >= 4 is 5.97 Å². The number of hydrogen-bond acceptors (Lipinski definition) is 3. The first-order valence-electron chi connectivity index (χ1n) is 10.3. The van der Waals surface area contributed by atoms with Crippen molar-refractivity contribution in [1.82, 2.24) is 0 Å². The molecule has 0 fully saturated rings. The van der Waals surface area contributed by atoms with Gasteiger partial charge < -0.3 is 4.74 Å². The average Bonchev–Trinajstić information content (AvgIpc) is 2.57. The van der Waals surface area contributed by atoms with Crippen molar-refractivity contribution in [1.29, 1.82) is 5.26 Å². The molecular weight excluding hydrogens is 310 g/mol. The highest BCUT2D eigenvalue weighted by atomic mass is 16.5.